The van der Waals surface area contributed by atoms with Crippen LogP contribution in [-0.4, -0.2) is 16.1 Å². The highest BCUT2D eigenvalue weighted by molar-refractivity contribution is 7.22. The Bertz CT molecular complexity index is 665. The molecule has 0 spiro atoms. The van der Waals surface area contributed by atoms with E-state index in [2.05, 4.69) is 28.4 Å². The molecule has 3 aromatic rings. The Hall–Kier alpha value is -2.14. The molecule has 0 fully saturated rings. The molecule has 5 heteroatoms. The first kappa shape index (κ1) is 10.0. The zero-order valence-corrected chi connectivity index (χ0v) is 9.62. The normalized spacial score (nSPS) is 10.8. The lowest BCUT2D eigenvalue weighted by Crippen LogP contribution is -2.10. The van der Waals surface area contributed by atoms with Gasteiger partial charge in [-0.15, -0.1) is 11.3 Å². The smallest absolute Gasteiger partial charge is 0.269 e. The summed E-state index contributed by atoms with van der Waals surface area (Å²) < 4.78 is 1.21. The van der Waals surface area contributed by atoms with Gasteiger partial charge in [-0.05, 0) is 23.6 Å². The van der Waals surface area contributed by atoms with Gasteiger partial charge in [-0.25, -0.2) is 0 Å². The van der Waals surface area contributed by atoms with Gasteiger partial charge >= 0.3 is 0 Å². The molecule has 0 unspecified atom stereocenters. The summed E-state index contributed by atoms with van der Waals surface area (Å²) in [6, 6.07) is 11.9. The van der Waals surface area contributed by atoms with Gasteiger partial charge in [-0.3, -0.25) is 9.89 Å². The number of fused-ring (bicyclic) bond motifs is 1. The highest BCUT2D eigenvalue weighted by Crippen LogP contribution is 2.32. The van der Waals surface area contributed by atoms with Gasteiger partial charge in [-0.1, -0.05) is 18.2 Å². The number of carbonyl (C=O) groups excluding carboxylic acids is 1. The third kappa shape index (κ3) is 1.70. The molecule has 0 aliphatic rings. The van der Waals surface area contributed by atoms with E-state index in [1.54, 1.807) is 17.4 Å². The number of aromatic nitrogens is 2. The van der Waals surface area contributed by atoms with Gasteiger partial charge in [0.25, 0.3) is 5.91 Å². The number of aromatic amines is 1. The van der Waals surface area contributed by atoms with Crippen LogP contribution in [0.4, 0.5) is 0 Å². The van der Waals surface area contributed by atoms with Crippen molar-refractivity contribution < 1.29 is 4.79 Å². The monoisotopic (exact) mass is 243 g/mol. The summed E-state index contributed by atoms with van der Waals surface area (Å²) in [5.74, 6) is -0.520. The van der Waals surface area contributed by atoms with Gasteiger partial charge in [0.2, 0.25) is 0 Å². The zero-order chi connectivity index (χ0) is 11.8. The van der Waals surface area contributed by atoms with Crippen molar-refractivity contribution in [2.45, 2.75) is 0 Å². The second-order valence-corrected chi connectivity index (χ2v) is 4.76. The molecule has 0 aliphatic heterocycles. The Labute approximate surface area is 101 Å². The summed E-state index contributed by atoms with van der Waals surface area (Å²) in [7, 11) is 0. The van der Waals surface area contributed by atoms with Crippen molar-refractivity contribution in [1.82, 2.24) is 10.2 Å². The Morgan fingerprint density at radius 2 is 2.12 bits per heavy atom. The van der Waals surface area contributed by atoms with E-state index in [0.717, 1.165) is 10.6 Å². The maximum atomic E-state index is 11.0. The van der Waals surface area contributed by atoms with Gasteiger partial charge in [0.15, 0.2) is 0 Å². The third-order valence-electron chi connectivity index (χ3n) is 2.52. The largest absolute Gasteiger partial charge is 0.364 e. The summed E-state index contributed by atoms with van der Waals surface area (Å²) in [5.41, 5.74) is 6.24. The number of nitrogens with zero attached hydrogens (tertiary/aromatic N) is 1. The second kappa shape index (κ2) is 3.71. The average molecular weight is 243 g/mol. The Morgan fingerprint density at radius 1 is 1.29 bits per heavy atom. The second-order valence-electron chi connectivity index (χ2n) is 3.68. The molecular formula is C12H9N3OS. The molecule has 0 atom stereocenters. The SMILES string of the molecule is NC(=O)c1cc(-c2cc3ccccc3s2)[nH]n1. The van der Waals surface area contributed by atoms with Crippen LogP contribution in [-0.2, 0) is 0 Å². The van der Waals surface area contributed by atoms with Crippen LogP contribution in [0.5, 0.6) is 0 Å². The lowest BCUT2D eigenvalue weighted by molar-refractivity contribution is 0.0995. The number of nitrogens with two attached hydrogens (primary N) is 1. The quantitative estimate of drug-likeness (QED) is 0.725. The Morgan fingerprint density at radius 3 is 2.82 bits per heavy atom. The molecule has 1 amide bonds. The zero-order valence-electron chi connectivity index (χ0n) is 8.81. The number of nitrogens with one attached hydrogen (secondary N) is 1. The fourth-order valence-corrected chi connectivity index (χ4v) is 2.72. The topological polar surface area (TPSA) is 71.8 Å². The fourth-order valence-electron chi connectivity index (χ4n) is 1.69. The molecule has 17 heavy (non-hydrogen) atoms. The molecule has 0 bridgehead atoms. The first-order chi connectivity index (χ1) is 8.24. The molecule has 2 aromatic heterocycles. The van der Waals surface area contributed by atoms with E-state index in [1.165, 1.54) is 10.1 Å². The molecule has 84 valence electrons. The summed E-state index contributed by atoms with van der Waals surface area (Å²) in [4.78, 5) is 12.0. The number of hydrogen-bond acceptors (Lipinski definition) is 3. The van der Waals surface area contributed by atoms with Crippen molar-refractivity contribution in [2.75, 3.05) is 0 Å². The number of carbonyl (C=O) groups is 1. The van der Waals surface area contributed by atoms with E-state index in [4.69, 9.17) is 5.73 Å². The highest BCUT2D eigenvalue weighted by Gasteiger charge is 2.10. The number of amides is 1. The van der Waals surface area contributed by atoms with Gasteiger partial charge < -0.3 is 5.73 Å². The van der Waals surface area contributed by atoms with Gasteiger partial charge in [0, 0.05) is 4.70 Å². The molecule has 3 rings (SSSR count). The lowest BCUT2D eigenvalue weighted by Gasteiger charge is -1.86. The van der Waals surface area contributed by atoms with Gasteiger partial charge in [0.1, 0.15) is 5.69 Å². The van der Waals surface area contributed by atoms with Crippen LogP contribution in [0, 0.1) is 0 Å². The lowest BCUT2D eigenvalue weighted by atomic mass is 10.2. The predicted octanol–water partition coefficient (Wildman–Crippen LogP) is 2.39. The van der Waals surface area contributed by atoms with Crippen molar-refractivity contribution in [1.29, 1.82) is 0 Å². The van der Waals surface area contributed by atoms with E-state index in [1.807, 2.05) is 12.1 Å². The molecule has 0 aliphatic carbocycles. The third-order valence-corrected chi connectivity index (χ3v) is 3.67. The number of primary amides is 1. The minimum absolute atomic E-state index is 0.262. The van der Waals surface area contributed by atoms with Gasteiger partial charge in [-0.2, -0.15) is 5.10 Å². The predicted molar refractivity (Wildman–Crippen MR) is 67.9 cm³/mol. The molecule has 3 N–H and O–H groups in total. The van der Waals surface area contributed by atoms with Crippen molar-refractivity contribution in [3.05, 3.63) is 42.1 Å². The fraction of sp³-hybridized carbons (Fsp3) is 0. The maximum absolute atomic E-state index is 11.0. The molecule has 4 nitrogen and oxygen atoms in total. The summed E-state index contributed by atoms with van der Waals surface area (Å²) in [5, 5.41) is 7.88. The van der Waals surface area contributed by atoms with E-state index < -0.39 is 5.91 Å². The number of rotatable bonds is 2. The van der Waals surface area contributed by atoms with Crippen LogP contribution >= 0.6 is 11.3 Å². The van der Waals surface area contributed by atoms with Crippen LogP contribution in [0.3, 0.4) is 0 Å². The van der Waals surface area contributed by atoms with Crippen molar-refractivity contribution in [3.8, 4) is 10.6 Å². The van der Waals surface area contributed by atoms with E-state index in [0.29, 0.717) is 0 Å². The van der Waals surface area contributed by atoms with Crippen LogP contribution in [0.15, 0.2) is 36.4 Å². The van der Waals surface area contributed by atoms with E-state index in [9.17, 15) is 4.79 Å². The van der Waals surface area contributed by atoms with Crippen molar-refractivity contribution >= 4 is 27.3 Å². The van der Waals surface area contributed by atoms with Crippen LogP contribution in [0.2, 0.25) is 0 Å². The molecular weight excluding hydrogens is 234 g/mol. The number of hydrogen-bond donors (Lipinski definition) is 2. The maximum Gasteiger partial charge on any atom is 0.269 e. The number of thiophene rings is 1. The number of H-pyrrole nitrogens is 1. The average Bonchev–Trinajstić information content (AvgIpc) is 2.95. The Kier molecular flexibility index (Phi) is 2.19. The van der Waals surface area contributed by atoms with Crippen LogP contribution in [0.25, 0.3) is 20.7 Å². The minimum Gasteiger partial charge on any atom is -0.364 e. The van der Waals surface area contributed by atoms with Crippen LogP contribution < -0.4 is 5.73 Å². The summed E-state index contributed by atoms with van der Waals surface area (Å²) in [6.07, 6.45) is 0. The van der Waals surface area contributed by atoms with Gasteiger partial charge in [0.05, 0.1) is 10.6 Å². The Balaban J connectivity index is 2.10. The molecule has 0 saturated heterocycles. The summed E-state index contributed by atoms with van der Waals surface area (Å²) >= 11 is 1.65. The molecule has 2 heterocycles. The van der Waals surface area contributed by atoms with Crippen molar-refractivity contribution in [3.63, 3.8) is 0 Å². The standard InChI is InChI=1S/C12H9N3OS/c13-12(16)9-6-8(14-15-9)11-5-7-3-1-2-4-10(7)17-11/h1-6H,(H2,13,16)(H,14,15). The molecule has 0 saturated carbocycles. The highest BCUT2D eigenvalue weighted by atomic mass is 32.1. The molecule has 1 aromatic carbocycles. The first-order valence-corrected chi connectivity index (χ1v) is 5.90. The van der Waals surface area contributed by atoms with E-state index >= 15 is 0 Å². The molecule has 0 radical (unpaired) electrons. The minimum atomic E-state index is -0.520. The number of benzene rings is 1. The van der Waals surface area contributed by atoms with Crippen molar-refractivity contribution in [2.24, 2.45) is 5.73 Å². The first-order valence-electron chi connectivity index (χ1n) is 5.08. The van der Waals surface area contributed by atoms with Crippen LogP contribution in [0.1, 0.15) is 10.5 Å². The van der Waals surface area contributed by atoms with E-state index in [-0.39, 0.29) is 5.69 Å². The summed E-state index contributed by atoms with van der Waals surface area (Å²) in [6.45, 7) is 0.